The molecule has 0 saturated carbocycles. The molecule has 0 unspecified atom stereocenters. The second-order valence-corrected chi connectivity index (χ2v) is 4.05. The maximum atomic E-state index is 10.2. The molecular formula is C5H11O5P. The van der Waals surface area contributed by atoms with Crippen molar-refractivity contribution < 1.29 is 23.6 Å². The van der Waals surface area contributed by atoms with Crippen molar-refractivity contribution in [3.63, 3.8) is 0 Å². The van der Waals surface area contributed by atoms with Crippen LogP contribution in [-0.4, -0.2) is 28.6 Å². The van der Waals surface area contributed by atoms with Gasteiger partial charge in [-0.15, -0.1) is 0 Å². The molecule has 0 aromatic rings. The summed E-state index contributed by atoms with van der Waals surface area (Å²) in [6, 6.07) is 0. The van der Waals surface area contributed by atoms with E-state index in [2.05, 4.69) is 4.52 Å². The van der Waals surface area contributed by atoms with Crippen molar-refractivity contribution in [1.29, 1.82) is 0 Å². The Labute approximate surface area is 64.6 Å². The molecule has 0 bridgehead atoms. The molecule has 0 aromatic heterocycles. The normalized spacial score (nSPS) is 30.5. The van der Waals surface area contributed by atoms with Crippen molar-refractivity contribution >= 4 is 7.82 Å². The molecule has 6 heteroatoms. The Bertz CT molecular complexity index is 181. The van der Waals surface area contributed by atoms with Crippen LogP contribution in [0.4, 0.5) is 0 Å². The Balaban J connectivity index is 2.10. The zero-order chi connectivity index (χ0) is 8.54. The lowest BCUT2D eigenvalue weighted by Gasteiger charge is -2.06. The Morgan fingerprint density at radius 2 is 2.27 bits per heavy atom. The van der Waals surface area contributed by atoms with Crippen LogP contribution in [0.25, 0.3) is 0 Å². The van der Waals surface area contributed by atoms with Gasteiger partial charge in [-0.3, -0.25) is 4.52 Å². The van der Waals surface area contributed by atoms with Crippen molar-refractivity contribution in [2.45, 2.75) is 18.9 Å². The van der Waals surface area contributed by atoms with Crippen LogP contribution >= 0.6 is 7.82 Å². The number of rotatable bonds is 4. The SMILES string of the molecule is C[C@]1(CCOP(=O)(O)O)CO1. The highest BCUT2D eigenvalue weighted by molar-refractivity contribution is 7.46. The van der Waals surface area contributed by atoms with Gasteiger partial charge >= 0.3 is 7.82 Å². The van der Waals surface area contributed by atoms with Crippen LogP contribution in [0.2, 0.25) is 0 Å². The van der Waals surface area contributed by atoms with Gasteiger partial charge in [0.15, 0.2) is 0 Å². The predicted octanol–water partition coefficient (Wildman–Crippen LogP) is 0.275. The van der Waals surface area contributed by atoms with E-state index in [1.165, 1.54) is 0 Å². The Morgan fingerprint density at radius 1 is 1.73 bits per heavy atom. The average Bonchev–Trinajstić information content (AvgIpc) is 2.44. The molecule has 1 aliphatic heterocycles. The molecule has 1 atom stereocenters. The summed E-state index contributed by atoms with van der Waals surface area (Å²) >= 11 is 0. The van der Waals surface area contributed by atoms with Gasteiger partial charge in [-0.2, -0.15) is 0 Å². The predicted molar refractivity (Wildman–Crippen MR) is 37.0 cm³/mol. The fourth-order valence-corrected chi connectivity index (χ4v) is 0.977. The lowest BCUT2D eigenvalue weighted by Crippen LogP contribution is -2.08. The molecule has 2 N–H and O–H groups in total. The van der Waals surface area contributed by atoms with Gasteiger partial charge < -0.3 is 14.5 Å². The first-order valence-corrected chi connectivity index (χ1v) is 4.78. The minimum absolute atomic E-state index is 0.0424. The van der Waals surface area contributed by atoms with Crippen LogP contribution in [0, 0.1) is 0 Å². The summed E-state index contributed by atoms with van der Waals surface area (Å²) in [5.74, 6) is 0. The summed E-state index contributed by atoms with van der Waals surface area (Å²) in [5, 5.41) is 0. The average molecular weight is 182 g/mol. The summed E-state index contributed by atoms with van der Waals surface area (Å²) in [4.78, 5) is 16.6. The molecule has 11 heavy (non-hydrogen) atoms. The third kappa shape index (κ3) is 3.84. The number of phosphoric ester groups is 1. The van der Waals surface area contributed by atoms with Crippen LogP contribution in [0.5, 0.6) is 0 Å². The van der Waals surface area contributed by atoms with E-state index in [9.17, 15) is 4.57 Å². The maximum absolute atomic E-state index is 10.2. The van der Waals surface area contributed by atoms with Gasteiger partial charge in [0, 0.05) is 6.42 Å². The molecular weight excluding hydrogens is 171 g/mol. The highest BCUT2D eigenvalue weighted by Gasteiger charge is 2.39. The molecule has 5 nitrogen and oxygen atoms in total. The third-order valence-corrected chi connectivity index (χ3v) is 2.05. The Hall–Kier alpha value is 0.0700. The van der Waals surface area contributed by atoms with Crippen LogP contribution in [0.3, 0.4) is 0 Å². The van der Waals surface area contributed by atoms with Crippen LogP contribution in [-0.2, 0) is 13.8 Å². The zero-order valence-corrected chi connectivity index (χ0v) is 7.08. The van der Waals surface area contributed by atoms with Crippen molar-refractivity contribution in [2.75, 3.05) is 13.2 Å². The molecule has 0 spiro atoms. The first-order valence-electron chi connectivity index (χ1n) is 3.25. The Morgan fingerprint density at radius 3 is 2.64 bits per heavy atom. The summed E-state index contributed by atoms with van der Waals surface area (Å²) in [6.07, 6.45) is 0.526. The molecule has 1 rings (SSSR count). The van der Waals surface area contributed by atoms with Gasteiger partial charge in [0.2, 0.25) is 0 Å². The molecule has 0 aliphatic carbocycles. The fourth-order valence-electron chi connectivity index (χ4n) is 0.648. The Kier molecular flexibility index (Phi) is 2.37. The molecule has 66 valence electrons. The molecule has 0 radical (unpaired) electrons. The van der Waals surface area contributed by atoms with Gasteiger partial charge in [-0.25, -0.2) is 4.57 Å². The highest BCUT2D eigenvalue weighted by atomic mass is 31.2. The van der Waals surface area contributed by atoms with Crippen LogP contribution in [0.1, 0.15) is 13.3 Å². The second kappa shape index (κ2) is 2.84. The van der Waals surface area contributed by atoms with E-state index in [-0.39, 0.29) is 12.2 Å². The van der Waals surface area contributed by atoms with E-state index in [0.717, 1.165) is 0 Å². The first-order chi connectivity index (χ1) is 4.91. The van der Waals surface area contributed by atoms with Crippen molar-refractivity contribution in [3.05, 3.63) is 0 Å². The molecule has 1 aliphatic rings. The maximum Gasteiger partial charge on any atom is 0.469 e. The third-order valence-electron chi connectivity index (χ3n) is 1.53. The monoisotopic (exact) mass is 182 g/mol. The van der Waals surface area contributed by atoms with Gasteiger partial charge in [0.05, 0.1) is 18.8 Å². The minimum Gasteiger partial charge on any atom is -0.370 e. The smallest absolute Gasteiger partial charge is 0.370 e. The summed E-state index contributed by atoms with van der Waals surface area (Å²) in [7, 11) is -4.28. The van der Waals surface area contributed by atoms with E-state index in [0.29, 0.717) is 13.0 Å². The molecule has 1 fully saturated rings. The van der Waals surface area contributed by atoms with E-state index < -0.39 is 7.82 Å². The fraction of sp³-hybridized carbons (Fsp3) is 1.00. The van der Waals surface area contributed by atoms with Crippen molar-refractivity contribution in [2.24, 2.45) is 0 Å². The van der Waals surface area contributed by atoms with Gasteiger partial charge in [0.1, 0.15) is 0 Å². The van der Waals surface area contributed by atoms with Crippen molar-refractivity contribution in [3.8, 4) is 0 Å². The first kappa shape index (κ1) is 9.16. The van der Waals surface area contributed by atoms with E-state index in [4.69, 9.17) is 14.5 Å². The molecule has 0 amide bonds. The zero-order valence-electron chi connectivity index (χ0n) is 6.19. The van der Waals surface area contributed by atoms with Gasteiger partial charge in [-0.1, -0.05) is 0 Å². The summed E-state index contributed by atoms with van der Waals surface area (Å²) in [5.41, 5.74) is -0.199. The lowest BCUT2D eigenvalue weighted by molar-refractivity contribution is 0.175. The minimum atomic E-state index is -4.28. The standard InChI is InChI=1S/C5H11O5P/c1-5(4-9-5)2-3-10-11(6,7)8/h2-4H2,1H3,(H2,6,7,8)/t5-/m0/s1. The lowest BCUT2D eigenvalue weighted by atomic mass is 10.1. The topological polar surface area (TPSA) is 79.3 Å². The summed E-state index contributed by atoms with van der Waals surface area (Å²) < 4.78 is 19.4. The van der Waals surface area contributed by atoms with Crippen LogP contribution < -0.4 is 0 Å². The van der Waals surface area contributed by atoms with Gasteiger partial charge in [-0.05, 0) is 6.92 Å². The number of ether oxygens (including phenoxy) is 1. The number of hydrogen-bond acceptors (Lipinski definition) is 3. The second-order valence-electron chi connectivity index (χ2n) is 2.81. The van der Waals surface area contributed by atoms with Gasteiger partial charge in [0.25, 0.3) is 0 Å². The quantitative estimate of drug-likeness (QED) is 0.482. The number of hydrogen-bond donors (Lipinski definition) is 2. The van der Waals surface area contributed by atoms with E-state index >= 15 is 0 Å². The number of phosphoric acid groups is 1. The molecule has 0 aromatic carbocycles. The highest BCUT2D eigenvalue weighted by Crippen LogP contribution is 2.38. The van der Waals surface area contributed by atoms with Crippen molar-refractivity contribution in [1.82, 2.24) is 0 Å². The van der Waals surface area contributed by atoms with E-state index in [1.807, 2.05) is 6.92 Å². The van der Waals surface area contributed by atoms with Crippen LogP contribution in [0.15, 0.2) is 0 Å². The largest absolute Gasteiger partial charge is 0.469 e. The number of epoxide rings is 1. The summed E-state index contributed by atoms with van der Waals surface area (Å²) in [6.45, 7) is 2.56. The molecule has 1 saturated heterocycles. The van der Waals surface area contributed by atoms with E-state index in [1.54, 1.807) is 0 Å². The molecule has 1 heterocycles.